The van der Waals surface area contributed by atoms with Gasteiger partial charge < -0.3 is 5.32 Å². The van der Waals surface area contributed by atoms with Crippen LogP contribution in [0.5, 0.6) is 0 Å². The maximum atomic E-state index is 13.4. The molecular weight excluding hydrogens is 475 g/mol. The van der Waals surface area contributed by atoms with Gasteiger partial charge >= 0.3 is 0 Å². The van der Waals surface area contributed by atoms with Gasteiger partial charge in [0.2, 0.25) is 5.91 Å². The molecule has 0 radical (unpaired) electrons. The van der Waals surface area contributed by atoms with Crippen LogP contribution in [-0.4, -0.2) is 24.9 Å². The third-order valence-electron chi connectivity index (χ3n) is 12.6. The van der Waals surface area contributed by atoms with Crippen LogP contribution in [0, 0.1) is 62.1 Å². The normalized spacial score (nSPS) is 44.5. The van der Waals surface area contributed by atoms with Gasteiger partial charge in [0.25, 0.3) is 0 Å². The van der Waals surface area contributed by atoms with E-state index in [4.69, 9.17) is 0 Å². The fourth-order valence-corrected chi connectivity index (χ4v) is 10.9. The first kappa shape index (κ1) is 29.0. The average Bonchev–Trinajstić information content (AvgIpc) is 3.31. The molecule has 1 N–H and O–H groups in total. The van der Waals surface area contributed by atoms with Crippen LogP contribution < -0.4 is 5.32 Å². The van der Waals surface area contributed by atoms with E-state index >= 15 is 0 Å². The molecule has 0 heterocycles. The fourth-order valence-electron chi connectivity index (χ4n) is 10.9. The molecule has 4 nitrogen and oxygen atoms in total. The molecule has 0 aromatic heterocycles. The fraction of sp³-hybridized carbons (Fsp3) is 0.788. The number of halogens is 1. The van der Waals surface area contributed by atoms with E-state index in [2.05, 4.69) is 58.7 Å². The molecule has 0 aromatic rings. The Kier molecular flexibility index (Phi) is 7.56. The molecule has 1 amide bonds. The van der Waals surface area contributed by atoms with Gasteiger partial charge in [0.15, 0.2) is 5.78 Å². The van der Waals surface area contributed by atoms with E-state index in [1.807, 2.05) is 6.92 Å². The van der Waals surface area contributed by atoms with E-state index in [1.165, 1.54) is 0 Å². The van der Waals surface area contributed by atoms with Crippen molar-refractivity contribution < 1.29 is 14.0 Å². The first-order chi connectivity index (χ1) is 17.8. The Balaban J connectivity index is 0.00000107. The van der Waals surface area contributed by atoms with Crippen LogP contribution in [0.15, 0.2) is 24.3 Å². The zero-order valence-corrected chi connectivity index (χ0v) is 24.6. The summed E-state index contributed by atoms with van der Waals surface area (Å²) in [5.74, 6) is 1.64. The third kappa shape index (κ3) is 3.79. The van der Waals surface area contributed by atoms with Gasteiger partial charge in [-0.1, -0.05) is 53.2 Å². The van der Waals surface area contributed by atoms with Gasteiger partial charge in [0, 0.05) is 12.0 Å². The molecule has 5 aliphatic carbocycles. The van der Waals surface area contributed by atoms with Gasteiger partial charge in [-0.2, -0.15) is 5.26 Å². The van der Waals surface area contributed by atoms with E-state index in [0.29, 0.717) is 23.3 Å². The van der Waals surface area contributed by atoms with E-state index < -0.39 is 12.1 Å². The van der Waals surface area contributed by atoms with Gasteiger partial charge in [0.05, 0.1) is 11.0 Å². The quantitative estimate of drug-likeness (QED) is 0.392. The van der Waals surface area contributed by atoms with Crippen molar-refractivity contribution in [2.45, 2.75) is 99.3 Å². The lowest BCUT2D eigenvalue weighted by atomic mass is 9.33. The highest BCUT2D eigenvalue weighted by Gasteiger charge is 2.70. The second kappa shape index (κ2) is 9.90. The van der Waals surface area contributed by atoms with Crippen molar-refractivity contribution in [2.24, 2.45) is 50.7 Å². The zero-order valence-electron chi connectivity index (χ0n) is 24.6. The molecule has 5 rings (SSSR count). The molecule has 5 aliphatic rings. The van der Waals surface area contributed by atoms with Crippen LogP contribution in [0.1, 0.15) is 99.3 Å². The monoisotopic (exact) mass is 524 g/mol. The molecule has 0 bridgehead atoms. The van der Waals surface area contributed by atoms with Gasteiger partial charge in [0.1, 0.15) is 12.7 Å². The molecule has 0 aromatic carbocycles. The van der Waals surface area contributed by atoms with E-state index in [9.17, 15) is 19.2 Å². The first-order valence-corrected chi connectivity index (χ1v) is 14.9. The summed E-state index contributed by atoms with van der Waals surface area (Å²) >= 11 is 0. The summed E-state index contributed by atoms with van der Waals surface area (Å²) < 4.78 is 12.9. The molecule has 6 unspecified atom stereocenters. The van der Waals surface area contributed by atoms with Crippen LogP contribution >= 0.6 is 0 Å². The summed E-state index contributed by atoms with van der Waals surface area (Å²) in [6.45, 7) is 16.3. The van der Waals surface area contributed by atoms with Gasteiger partial charge in [-0.25, -0.2) is 4.39 Å². The Labute approximate surface area is 229 Å². The number of Topliss-reactive ketones (excluding diaryl/α,β-unsaturated/α-hetero) is 1. The lowest BCUT2D eigenvalue weighted by Crippen LogP contribution is -2.66. The number of hydrogen-bond acceptors (Lipinski definition) is 3. The Bertz CT molecular complexity index is 1060. The molecule has 0 saturated heterocycles. The topological polar surface area (TPSA) is 70.0 Å². The highest BCUT2D eigenvalue weighted by molar-refractivity contribution is 6.04. The van der Waals surface area contributed by atoms with Crippen LogP contribution in [0.25, 0.3) is 0 Å². The second-order valence-corrected chi connectivity index (χ2v) is 14.3. The average molecular weight is 525 g/mol. The van der Waals surface area contributed by atoms with E-state index in [0.717, 1.165) is 57.8 Å². The minimum Gasteiger partial charge on any atom is -0.353 e. The van der Waals surface area contributed by atoms with Crippen LogP contribution in [0.4, 0.5) is 4.39 Å². The number of ketones is 1. The van der Waals surface area contributed by atoms with Crippen molar-refractivity contribution in [3.63, 3.8) is 0 Å². The highest BCUT2D eigenvalue weighted by Crippen LogP contribution is 2.76. The first-order valence-electron chi connectivity index (χ1n) is 14.9. The minimum atomic E-state index is -0.519. The largest absolute Gasteiger partial charge is 0.353 e. The highest BCUT2D eigenvalue weighted by atomic mass is 19.1. The van der Waals surface area contributed by atoms with Crippen LogP contribution in [-0.2, 0) is 9.59 Å². The predicted octanol–water partition coefficient (Wildman–Crippen LogP) is 7.36. The Hall–Kier alpha value is -1.96. The van der Waals surface area contributed by atoms with E-state index in [1.54, 1.807) is 6.08 Å². The summed E-state index contributed by atoms with van der Waals surface area (Å²) in [5.41, 5.74) is -0.445. The summed E-state index contributed by atoms with van der Waals surface area (Å²) in [4.78, 5) is 26.5. The lowest BCUT2D eigenvalue weighted by Gasteiger charge is -2.71. The predicted molar refractivity (Wildman–Crippen MR) is 150 cm³/mol. The number of nitrogens with one attached hydrogen (secondary N) is 1. The van der Waals surface area contributed by atoms with E-state index in [-0.39, 0.29) is 45.8 Å². The number of rotatable bonds is 3. The molecule has 8 atom stereocenters. The molecule has 0 spiro atoms. The van der Waals surface area contributed by atoms with Gasteiger partial charge in [-0.15, -0.1) is 6.58 Å². The standard InChI is InChI=1S/C30H43FN2O2.C3H6/c1-26(2)22-10-12-29(5)23(27(22,3)17-19(18-32)24(26)34)9-8-20-21-7-6-11-30(21,14-13-28(20,29)4)25(35)33-16-15-31;1-3-2/h17,20-23H,6-16H2,1-5H3,(H,33,35);3H,1H2,2H3/t20?,21?,22?,23?,27?,28-,29?,30+;/m1./s1. The number of allylic oxidation sites excluding steroid dienone is 3. The summed E-state index contributed by atoms with van der Waals surface area (Å²) in [7, 11) is 0. The van der Waals surface area contributed by atoms with Crippen molar-refractivity contribution in [1.29, 1.82) is 5.26 Å². The molecule has 4 fully saturated rings. The molecule has 38 heavy (non-hydrogen) atoms. The smallest absolute Gasteiger partial charge is 0.226 e. The summed E-state index contributed by atoms with van der Waals surface area (Å²) in [6, 6.07) is 2.25. The number of alkyl halides is 1. The number of nitriles is 1. The van der Waals surface area contributed by atoms with Crippen LogP contribution in [0.2, 0.25) is 0 Å². The number of amides is 1. The van der Waals surface area contributed by atoms with Crippen molar-refractivity contribution in [3.8, 4) is 6.07 Å². The Morgan fingerprint density at radius 1 is 1.05 bits per heavy atom. The second-order valence-electron chi connectivity index (χ2n) is 14.3. The molecule has 210 valence electrons. The Morgan fingerprint density at radius 3 is 2.37 bits per heavy atom. The van der Waals surface area contributed by atoms with Gasteiger partial charge in [-0.3, -0.25) is 9.59 Å². The number of hydrogen-bond donors (Lipinski definition) is 1. The maximum Gasteiger partial charge on any atom is 0.226 e. The number of fused-ring (bicyclic) bond motifs is 7. The SMILES string of the molecule is C=CC.CC1(C)C(=O)C(C#N)=CC2(C)C1CCC1(C)C2CCC2C3CCC[C@]3(C(=O)NCCF)CC[C@]21C. The molecule has 4 saturated carbocycles. The number of carbonyl (C=O) groups excluding carboxylic acids is 2. The van der Waals surface area contributed by atoms with Gasteiger partial charge in [-0.05, 0) is 98.2 Å². The lowest BCUT2D eigenvalue weighted by molar-refractivity contribution is -0.215. The third-order valence-corrected chi connectivity index (χ3v) is 12.6. The minimum absolute atomic E-state index is 0.0127. The molecule has 5 heteroatoms. The van der Waals surface area contributed by atoms with Crippen molar-refractivity contribution in [3.05, 3.63) is 24.3 Å². The maximum absolute atomic E-state index is 13.4. The van der Waals surface area contributed by atoms with Crippen molar-refractivity contribution >= 4 is 11.7 Å². The molecular formula is C33H49FN2O2. The summed E-state index contributed by atoms with van der Waals surface area (Å²) in [5, 5.41) is 12.8. The van der Waals surface area contributed by atoms with Crippen molar-refractivity contribution in [1.82, 2.24) is 5.32 Å². The van der Waals surface area contributed by atoms with Crippen molar-refractivity contribution in [2.75, 3.05) is 13.2 Å². The number of nitrogens with zero attached hydrogens (tertiary/aromatic N) is 1. The summed E-state index contributed by atoms with van der Waals surface area (Å²) in [6.07, 6.45) is 13.2. The zero-order chi connectivity index (χ0) is 28.1. The van der Waals surface area contributed by atoms with Crippen LogP contribution in [0.3, 0.4) is 0 Å². The number of carbonyl (C=O) groups is 2. The Morgan fingerprint density at radius 2 is 1.74 bits per heavy atom. The molecule has 0 aliphatic heterocycles.